The first-order chi connectivity index (χ1) is 5.97. The van der Waals surface area contributed by atoms with E-state index < -0.39 is 12.0 Å². The Bertz CT molecular complexity index is 180. The monoisotopic (exact) mass is 187 g/mol. The van der Waals surface area contributed by atoms with Crippen molar-refractivity contribution < 1.29 is 14.7 Å². The Morgan fingerprint density at radius 2 is 2.08 bits per heavy atom. The van der Waals surface area contributed by atoms with Crippen molar-refractivity contribution in [2.75, 3.05) is 0 Å². The minimum atomic E-state index is -0.900. The van der Waals surface area contributed by atoms with Gasteiger partial charge in [-0.05, 0) is 18.3 Å². The molecule has 0 amide bonds. The molecule has 76 valence electrons. The van der Waals surface area contributed by atoms with Gasteiger partial charge in [0.1, 0.15) is 6.29 Å². The first kappa shape index (κ1) is 12.1. The number of carboxylic acids is 1. The number of aliphatic carboxylic acids is 1. The molecule has 0 fully saturated rings. The molecule has 0 saturated heterocycles. The lowest BCUT2D eigenvalue weighted by Gasteiger charge is -2.19. The Morgan fingerprint density at radius 3 is 2.38 bits per heavy atom. The molecule has 0 rings (SSSR count). The fraction of sp³-hybridized carbons (Fsp3) is 0.778. The van der Waals surface area contributed by atoms with Gasteiger partial charge in [-0.1, -0.05) is 13.8 Å². The highest BCUT2D eigenvalue weighted by molar-refractivity contribution is 5.68. The highest BCUT2D eigenvalue weighted by Gasteiger charge is 2.21. The van der Waals surface area contributed by atoms with Gasteiger partial charge in [0, 0.05) is 0 Å². The summed E-state index contributed by atoms with van der Waals surface area (Å²) in [5.41, 5.74) is 5.48. The summed E-state index contributed by atoms with van der Waals surface area (Å²) in [5, 5.41) is 8.57. The van der Waals surface area contributed by atoms with E-state index in [9.17, 15) is 9.59 Å². The molecule has 0 aromatic carbocycles. The largest absolute Gasteiger partial charge is 0.481 e. The van der Waals surface area contributed by atoms with E-state index in [1.165, 1.54) is 0 Å². The van der Waals surface area contributed by atoms with E-state index in [0.29, 0.717) is 18.6 Å². The Hall–Kier alpha value is -0.900. The Morgan fingerprint density at radius 1 is 1.54 bits per heavy atom. The molecule has 0 aliphatic heterocycles. The summed E-state index contributed by atoms with van der Waals surface area (Å²) in [5.74, 6) is -0.784. The summed E-state index contributed by atoms with van der Waals surface area (Å²) in [4.78, 5) is 20.8. The third-order valence-electron chi connectivity index (χ3n) is 1.91. The van der Waals surface area contributed by atoms with Gasteiger partial charge in [-0.25, -0.2) is 0 Å². The van der Waals surface area contributed by atoms with E-state index in [1.54, 1.807) is 0 Å². The Balaban J connectivity index is 4.17. The van der Waals surface area contributed by atoms with Crippen molar-refractivity contribution in [1.29, 1.82) is 0 Å². The van der Waals surface area contributed by atoms with E-state index in [1.807, 2.05) is 13.8 Å². The fourth-order valence-electron chi connectivity index (χ4n) is 1.32. The van der Waals surface area contributed by atoms with Gasteiger partial charge in [0.2, 0.25) is 0 Å². The van der Waals surface area contributed by atoms with Gasteiger partial charge in [-0.3, -0.25) is 4.79 Å². The summed E-state index contributed by atoms with van der Waals surface area (Å²) in [6, 6.07) is -0.654. The number of carboxylic acid groups (broad SMARTS) is 1. The number of nitrogens with two attached hydrogens (primary N) is 1. The van der Waals surface area contributed by atoms with Gasteiger partial charge < -0.3 is 15.6 Å². The van der Waals surface area contributed by atoms with E-state index >= 15 is 0 Å². The molecule has 0 aliphatic rings. The molecule has 4 nitrogen and oxygen atoms in total. The molecule has 2 atom stereocenters. The van der Waals surface area contributed by atoms with Gasteiger partial charge in [-0.2, -0.15) is 0 Å². The van der Waals surface area contributed by atoms with E-state index in [0.717, 1.165) is 0 Å². The molecule has 3 N–H and O–H groups in total. The molecule has 0 bridgehead atoms. The summed E-state index contributed by atoms with van der Waals surface area (Å²) < 4.78 is 0. The normalized spacial score (nSPS) is 15.4. The van der Waals surface area contributed by atoms with E-state index in [2.05, 4.69) is 0 Å². The fourth-order valence-corrected chi connectivity index (χ4v) is 1.32. The van der Waals surface area contributed by atoms with Gasteiger partial charge in [0.15, 0.2) is 0 Å². The topological polar surface area (TPSA) is 80.4 Å². The summed E-state index contributed by atoms with van der Waals surface area (Å²) in [6.07, 6.45) is 1.26. The predicted molar refractivity (Wildman–Crippen MR) is 49.2 cm³/mol. The first-order valence-electron chi connectivity index (χ1n) is 4.40. The van der Waals surface area contributed by atoms with Crippen molar-refractivity contribution in [2.24, 2.45) is 17.6 Å². The minimum absolute atomic E-state index is 0.0297. The van der Waals surface area contributed by atoms with Crippen molar-refractivity contribution in [2.45, 2.75) is 32.7 Å². The molecule has 4 heteroatoms. The molecule has 0 aromatic rings. The first-order valence-corrected chi connectivity index (χ1v) is 4.40. The number of aldehydes is 1. The molecule has 0 aliphatic carbocycles. The van der Waals surface area contributed by atoms with Crippen LogP contribution in [0.25, 0.3) is 0 Å². The van der Waals surface area contributed by atoms with Crippen LogP contribution < -0.4 is 5.73 Å². The molecular weight excluding hydrogens is 170 g/mol. The van der Waals surface area contributed by atoms with Gasteiger partial charge in [0.25, 0.3) is 0 Å². The van der Waals surface area contributed by atoms with Crippen LogP contribution >= 0.6 is 0 Å². The average molecular weight is 187 g/mol. The summed E-state index contributed by atoms with van der Waals surface area (Å²) in [7, 11) is 0. The second kappa shape index (κ2) is 5.70. The van der Waals surface area contributed by atoms with Crippen LogP contribution in [0.4, 0.5) is 0 Å². The lowest BCUT2D eigenvalue weighted by molar-refractivity contribution is -0.138. The zero-order chi connectivity index (χ0) is 10.4. The average Bonchev–Trinajstić information content (AvgIpc) is 2.00. The summed E-state index contributed by atoms with van der Waals surface area (Å²) in [6.45, 7) is 3.96. The van der Waals surface area contributed by atoms with Gasteiger partial charge in [-0.15, -0.1) is 0 Å². The molecule has 0 heterocycles. The zero-order valence-electron chi connectivity index (χ0n) is 8.06. The van der Waals surface area contributed by atoms with Crippen molar-refractivity contribution in [3.8, 4) is 0 Å². The van der Waals surface area contributed by atoms with Crippen LogP contribution in [-0.4, -0.2) is 23.4 Å². The highest BCUT2D eigenvalue weighted by Crippen LogP contribution is 2.17. The third kappa shape index (κ3) is 5.36. The summed E-state index contributed by atoms with van der Waals surface area (Å²) >= 11 is 0. The number of carbonyl (C=O) groups is 2. The van der Waals surface area contributed by atoms with Crippen LogP contribution in [0.2, 0.25) is 0 Å². The Kier molecular flexibility index (Phi) is 5.30. The third-order valence-corrected chi connectivity index (χ3v) is 1.91. The lowest BCUT2D eigenvalue weighted by atomic mass is 9.89. The van der Waals surface area contributed by atoms with Crippen molar-refractivity contribution in [1.82, 2.24) is 0 Å². The van der Waals surface area contributed by atoms with Crippen LogP contribution in [-0.2, 0) is 9.59 Å². The van der Waals surface area contributed by atoms with Gasteiger partial charge in [0.05, 0.1) is 12.5 Å². The molecule has 0 radical (unpaired) electrons. The van der Waals surface area contributed by atoms with Crippen LogP contribution in [0, 0.1) is 11.8 Å². The van der Waals surface area contributed by atoms with Crippen molar-refractivity contribution in [3.05, 3.63) is 0 Å². The standard InChI is InChI=1S/C9H17NO3/c1-6(2)3-7(4-9(12)13)8(10)5-11/h5-8H,3-4,10H2,1-2H3,(H,12,13). The number of hydrogen-bond acceptors (Lipinski definition) is 3. The minimum Gasteiger partial charge on any atom is -0.481 e. The smallest absolute Gasteiger partial charge is 0.303 e. The molecule has 13 heavy (non-hydrogen) atoms. The second-order valence-corrected chi connectivity index (χ2v) is 3.70. The second-order valence-electron chi connectivity index (χ2n) is 3.70. The maximum atomic E-state index is 10.4. The highest BCUT2D eigenvalue weighted by atomic mass is 16.4. The molecule has 0 aromatic heterocycles. The molecular formula is C9H17NO3. The van der Waals surface area contributed by atoms with Gasteiger partial charge >= 0.3 is 5.97 Å². The van der Waals surface area contributed by atoms with Crippen LogP contribution in [0.5, 0.6) is 0 Å². The Labute approximate surface area is 78.1 Å². The lowest BCUT2D eigenvalue weighted by Crippen LogP contribution is -2.34. The van der Waals surface area contributed by atoms with Crippen LogP contribution in [0.15, 0.2) is 0 Å². The maximum absolute atomic E-state index is 10.4. The van der Waals surface area contributed by atoms with Crippen LogP contribution in [0.1, 0.15) is 26.7 Å². The quantitative estimate of drug-likeness (QED) is 0.598. The molecule has 0 saturated carbocycles. The number of carbonyl (C=O) groups excluding carboxylic acids is 1. The van der Waals surface area contributed by atoms with Crippen LogP contribution in [0.3, 0.4) is 0 Å². The predicted octanol–water partition coefficient (Wildman–Crippen LogP) is 0.650. The zero-order valence-corrected chi connectivity index (χ0v) is 8.06. The molecule has 0 spiro atoms. The number of hydrogen-bond donors (Lipinski definition) is 2. The van der Waals surface area contributed by atoms with E-state index in [-0.39, 0.29) is 12.3 Å². The molecule has 2 unspecified atom stereocenters. The van der Waals surface area contributed by atoms with E-state index in [4.69, 9.17) is 10.8 Å². The van der Waals surface area contributed by atoms with Crippen molar-refractivity contribution in [3.63, 3.8) is 0 Å². The SMILES string of the molecule is CC(C)CC(CC(=O)O)C(N)C=O. The number of rotatable bonds is 6. The van der Waals surface area contributed by atoms with Crippen molar-refractivity contribution >= 4 is 12.3 Å². The maximum Gasteiger partial charge on any atom is 0.303 e.